The topological polar surface area (TPSA) is 37.9 Å². The van der Waals surface area contributed by atoms with Crippen LogP contribution in [0.1, 0.15) is 30.5 Å². The summed E-state index contributed by atoms with van der Waals surface area (Å²) in [4.78, 5) is 13.0. The Morgan fingerprint density at radius 1 is 0.871 bits per heavy atom. The van der Waals surface area contributed by atoms with Gasteiger partial charge in [0.15, 0.2) is 17.6 Å². The number of nitrogens with zero attached hydrogens (tertiary/aromatic N) is 2. The molecule has 3 aromatic carbocycles. The number of hydrogen-bond acceptors (Lipinski definition) is 1. The van der Waals surface area contributed by atoms with Crippen LogP contribution in [0.5, 0.6) is 0 Å². The van der Waals surface area contributed by atoms with Crippen molar-refractivity contribution >= 4 is 22.6 Å². The van der Waals surface area contributed by atoms with Gasteiger partial charge in [0, 0.05) is 5.69 Å². The van der Waals surface area contributed by atoms with E-state index in [-0.39, 0.29) is 36.4 Å². The van der Waals surface area contributed by atoms with Gasteiger partial charge in [-0.15, -0.1) is 0 Å². The van der Waals surface area contributed by atoms with Gasteiger partial charge in [0.1, 0.15) is 6.54 Å². The molecule has 0 aliphatic heterocycles. The molecule has 4 aromatic rings. The summed E-state index contributed by atoms with van der Waals surface area (Å²) in [7, 11) is 0. The molecule has 0 aliphatic rings. The van der Waals surface area contributed by atoms with Crippen molar-refractivity contribution in [3.63, 3.8) is 0 Å². The summed E-state index contributed by atoms with van der Waals surface area (Å²) < 4.78 is 4.24. The molecule has 0 aliphatic carbocycles. The standard InChI is InChI=1S/C26H27N3O.HI/c1-3-21-13-10-14-22(4-2)26(21)27-25(30)18-29-19-28(17-20-11-6-5-7-12-20)23-15-8-9-16-24(23)29;/h5-16,19H,3-4,17-18H2,1-2H3;1H. The zero-order valence-electron chi connectivity index (χ0n) is 18.0. The number of aryl methyl sites for hydroxylation is 2. The Balaban J connectivity index is 0.00000272. The Labute approximate surface area is 200 Å². The minimum Gasteiger partial charge on any atom is -1.00 e. The van der Waals surface area contributed by atoms with Crippen molar-refractivity contribution in [1.29, 1.82) is 0 Å². The average Bonchev–Trinajstić information content (AvgIpc) is 3.11. The molecule has 0 spiro atoms. The molecule has 5 heteroatoms. The van der Waals surface area contributed by atoms with Gasteiger partial charge >= 0.3 is 0 Å². The highest BCUT2D eigenvalue weighted by molar-refractivity contribution is 5.93. The summed E-state index contributed by atoms with van der Waals surface area (Å²) in [6, 6.07) is 24.9. The highest BCUT2D eigenvalue weighted by atomic mass is 127. The second kappa shape index (κ2) is 10.6. The Bertz CT molecular complexity index is 1150. The lowest BCUT2D eigenvalue weighted by Crippen LogP contribution is -3.00. The van der Waals surface area contributed by atoms with Crippen molar-refractivity contribution < 1.29 is 33.3 Å². The maximum absolute atomic E-state index is 13.0. The van der Waals surface area contributed by atoms with Gasteiger partial charge in [-0.05, 0) is 41.7 Å². The zero-order chi connectivity index (χ0) is 20.9. The van der Waals surface area contributed by atoms with E-state index in [1.54, 1.807) is 0 Å². The molecule has 1 heterocycles. The zero-order valence-corrected chi connectivity index (χ0v) is 20.2. The number of nitrogens with one attached hydrogen (secondary N) is 1. The molecule has 0 saturated heterocycles. The minimum absolute atomic E-state index is 0. The number of rotatable bonds is 7. The molecule has 160 valence electrons. The number of halogens is 1. The van der Waals surface area contributed by atoms with E-state index in [1.165, 1.54) is 16.7 Å². The van der Waals surface area contributed by atoms with Crippen LogP contribution in [0, 0.1) is 0 Å². The lowest BCUT2D eigenvalue weighted by atomic mass is 10.0. The summed E-state index contributed by atoms with van der Waals surface area (Å²) in [6.45, 7) is 5.30. The van der Waals surface area contributed by atoms with Gasteiger partial charge in [0.05, 0.1) is 0 Å². The fourth-order valence-corrected chi connectivity index (χ4v) is 4.01. The van der Waals surface area contributed by atoms with E-state index < -0.39 is 0 Å². The summed E-state index contributed by atoms with van der Waals surface area (Å²) in [6.07, 6.45) is 3.84. The normalized spacial score (nSPS) is 10.6. The second-order valence-electron chi connectivity index (χ2n) is 7.55. The van der Waals surface area contributed by atoms with E-state index in [4.69, 9.17) is 0 Å². The molecular weight excluding hydrogens is 497 g/mol. The van der Waals surface area contributed by atoms with E-state index >= 15 is 0 Å². The number of carbonyl (C=O) groups is 1. The fraction of sp³-hybridized carbons (Fsp3) is 0.231. The van der Waals surface area contributed by atoms with E-state index in [1.807, 2.05) is 29.1 Å². The monoisotopic (exact) mass is 525 g/mol. The third kappa shape index (κ3) is 5.15. The van der Waals surface area contributed by atoms with E-state index in [2.05, 4.69) is 78.3 Å². The van der Waals surface area contributed by atoms with Crippen LogP contribution in [0.2, 0.25) is 0 Å². The summed E-state index contributed by atoms with van der Waals surface area (Å²) >= 11 is 0. The van der Waals surface area contributed by atoms with Gasteiger partial charge < -0.3 is 29.3 Å². The van der Waals surface area contributed by atoms with Crippen molar-refractivity contribution in [3.8, 4) is 0 Å². The van der Waals surface area contributed by atoms with Gasteiger partial charge in [0.25, 0.3) is 5.91 Å². The molecule has 31 heavy (non-hydrogen) atoms. The highest BCUT2D eigenvalue weighted by Crippen LogP contribution is 2.23. The van der Waals surface area contributed by atoms with Gasteiger partial charge in [0.2, 0.25) is 6.33 Å². The van der Waals surface area contributed by atoms with E-state index in [0.29, 0.717) is 0 Å². The predicted molar refractivity (Wildman–Crippen MR) is 122 cm³/mol. The smallest absolute Gasteiger partial charge is 0.266 e. The van der Waals surface area contributed by atoms with Crippen molar-refractivity contribution in [2.24, 2.45) is 0 Å². The molecule has 0 bridgehead atoms. The molecule has 1 aromatic heterocycles. The van der Waals surface area contributed by atoms with Crippen LogP contribution in [0.3, 0.4) is 0 Å². The Hall–Kier alpha value is -2.67. The van der Waals surface area contributed by atoms with E-state index in [9.17, 15) is 4.79 Å². The van der Waals surface area contributed by atoms with Crippen LogP contribution >= 0.6 is 0 Å². The molecule has 0 fully saturated rings. The van der Waals surface area contributed by atoms with Gasteiger partial charge in [-0.2, -0.15) is 0 Å². The van der Waals surface area contributed by atoms with Crippen LogP contribution in [-0.2, 0) is 30.7 Å². The third-order valence-electron chi connectivity index (χ3n) is 5.55. The number of para-hydroxylation sites is 3. The molecule has 0 unspecified atom stereocenters. The van der Waals surface area contributed by atoms with Gasteiger partial charge in [-0.3, -0.25) is 4.79 Å². The minimum atomic E-state index is -0.00165. The lowest BCUT2D eigenvalue weighted by molar-refractivity contribution is -0.663. The molecule has 0 radical (unpaired) electrons. The SMILES string of the molecule is CCc1cccc(CC)c1NC(=O)Cn1c[n+](Cc2ccccc2)c2ccccc21.[I-]. The first-order valence-electron chi connectivity index (χ1n) is 10.6. The molecule has 0 atom stereocenters. The molecule has 4 nitrogen and oxygen atoms in total. The Kier molecular flexibility index (Phi) is 7.85. The number of imidazole rings is 1. The largest absolute Gasteiger partial charge is 1.00 e. The molecule has 1 N–H and O–H groups in total. The molecule has 0 saturated carbocycles. The number of benzene rings is 3. The number of hydrogen-bond donors (Lipinski definition) is 1. The van der Waals surface area contributed by atoms with Crippen molar-refractivity contribution in [2.75, 3.05) is 5.32 Å². The Morgan fingerprint density at radius 3 is 2.19 bits per heavy atom. The second-order valence-corrected chi connectivity index (χ2v) is 7.55. The van der Waals surface area contributed by atoms with Crippen molar-refractivity contribution in [2.45, 2.75) is 39.8 Å². The van der Waals surface area contributed by atoms with Crippen molar-refractivity contribution in [3.05, 3.63) is 95.8 Å². The van der Waals surface area contributed by atoms with Crippen LogP contribution in [0.15, 0.2) is 79.1 Å². The quantitative estimate of drug-likeness (QED) is 0.290. The summed E-state index contributed by atoms with van der Waals surface area (Å²) in [5.74, 6) is -0.00165. The summed E-state index contributed by atoms with van der Waals surface area (Å²) in [5, 5.41) is 3.18. The highest BCUT2D eigenvalue weighted by Gasteiger charge is 2.19. The summed E-state index contributed by atoms with van der Waals surface area (Å²) in [5.41, 5.74) is 6.75. The molecule has 4 rings (SSSR count). The van der Waals surface area contributed by atoms with Crippen molar-refractivity contribution in [1.82, 2.24) is 4.57 Å². The fourth-order valence-electron chi connectivity index (χ4n) is 4.01. The van der Waals surface area contributed by atoms with Gasteiger partial charge in [-0.25, -0.2) is 9.13 Å². The number of carbonyl (C=O) groups excluding carboxylic acids is 1. The molecular formula is C26H28IN3O. The number of anilines is 1. The van der Waals surface area contributed by atoms with Crippen LogP contribution < -0.4 is 33.9 Å². The van der Waals surface area contributed by atoms with E-state index in [0.717, 1.165) is 36.1 Å². The number of amides is 1. The first kappa shape index (κ1) is 23.0. The maximum Gasteiger partial charge on any atom is 0.266 e. The van der Waals surface area contributed by atoms with Crippen LogP contribution in [0.25, 0.3) is 11.0 Å². The number of fused-ring (bicyclic) bond motifs is 1. The average molecular weight is 525 g/mol. The maximum atomic E-state index is 13.0. The predicted octanol–water partition coefficient (Wildman–Crippen LogP) is 1.74. The Morgan fingerprint density at radius 2 is 1.52 bits per heavy atom. The van der Waals surface area contributed by atoms with Gasteiger partial charge in [-0.1, -0.05) is 74.5 Å². The van der Waals surface area contributed by atoms with Crippen LogP contribution in [-0.4, -0.2) is 10.5 Å². The number of aromatic nitrogens is 2. The molecule has 1 amide bonds. The third-order valence-corrected chi connectivity index (χ3v) is 5.55. The first-order chi connectivity index (χ1) is 14.7. The first-order valence-corrected chi connectivity index (χ1v) is 10.6. The van der Waals surface area contributed by atoms with Crippen LogP contribution in [0.4, 0.5) is 5.69 Å². The lowest BCUT2D eigenvalue weighted by Gasteiger charge is -2.13.